The lowest BCUT2D eigenvalue weighted by molar-refractivity contribution is 0.0704. The van der Waals surface area contributed by atoms with E-state index < -0.39 is 0 Å². The summed E-state index contributed by atoms with van der Waals surface area (Å²) >= 11 is 0. The third-order valence-corrected chi connectivity index (χ3v) is 4.22. The second kappa shape index (κ2) is 5.92. The number of hydrogen-bond donors (Lipinski definition) is 1. The average molecular weight is 323 g/mol. The zero-order valence-electron chi connectivity index (χ0n) is 13.3. The van der Waals surface area contributed by atoms with E-state index >= 15 is 0 Å². The standard InChI is InChI=1S/C17H17N5O2/c1-11-18-16(24-21-11)15-8-5-9-22(15)17(23)14-10-13(19-20-14)12-6-3-2-4-7-12/h2-4,6-7,10,15H,5,8-9H2,1H3,(H,19,20). The van der Waals surface area contributed by atoms with Crippen LogP contribution in [0.25, 0.3) is 11.3 Å². The van der Waals surface area contributed by atoms with E-state index in [-0.39, 0.29) is 11.9 Å². The van der Waals surface area contributed by atoms with Gasteiger partial charge in [-0.15, -0.1) is 0 Å². The Bertz CT molecular complexity index is 855. The summed E-state index contributed by atoms with van der Waals surface area (Å²) in [6.07, 6.45) is 1.74. The first-order valence-corrected chi connectivity index (χ1v) is 7.94. The van der Waals surface area contributed by atoms with Gasteiger partial charge in [0.25, 0.3) is 5.91 Å². The van der Waals surface area contributed by atoms with Crippen LogP contribution < -0.4 is 0 Å². The number of rotatable bonds is 3. The van der Waals surface area contributed by atoms with E-state index in [4.69, 9.17) is 4.52 Å². The van der Waals surface area contributed by atoms with Gasteiger partial charge in [-0.2, -0.15) is 10.1 Å². The minimum Gasteiger partial charge on any atom is -0.337 e. The van der Waals surface area contributed by atoms with Crippen LogP contribution in [0.5, 0.6) is 0 Å². The fourth-order valence-corrected chi connectivity index (χ4v) is 3.06. The maximum Gasteiger partial charge on any atom is 0.272 e. The number of carbonyl (C=O) groups is 1. The highest BCUT2D eigenvalue weighted by molar-refractivity contribution is 5.93. The van der Waals surface area contributed by atoms with Gasteiger partial charge in [0.15, 0.2) is 5.82 Å². The van der Waals surface area contributed by atoms with Crippen LogP contribution >= 0.6 is 0 Å². The number of benzene rings is 1. The zero-order chi connectivity index (χ0) is 16.5. The number of hydrogen-bond acceptors (Lipinski definition) is 5. The van der Waals surface area contributed by atoms with E-state index in [2.05, 4.69) is 20.3 Å². The fourth-order valence-electron chi connectivity index (χ4n) is 3.06. The average Bonchev–Trinajstić information content (AvgIpc) is 3.35. The molecule has 7 nitrogen and oxygen atoms in total. The Labute approximate surface area is 138 Å². The quantitative estimate of drug-likeness (QED) is 0.800. The van der Waals surface area contributed by atoms with Gasteiger partial charge in [0, 0.05) is 12.1 Å². The lowest BCUT2D eigenvalue weighted by Gasteiger charge is -2.20. The van der Waals surface area contributed by atoms with Crippen molar-refractivity contribution in [3.05, 3.63) is 53.8 Å². The van der Waals surface area contributed by atoms with Crippen molar-refractivity contribution in [1.29, 1.82) is 0 Å². The van der Waals surface area contributed by atoms with E-state index in [9.17, 15) is 4.79 Å². The normalized spacial score (nSPS) is 17.4. The lowest BCUT2D eigenvalue weighted by Crippen LogP contribution is -2.31. The highest BCUT2D eigenvalue weighted by Gasteiger charge is 2.35. The molecule has 1 saturated heterocycles. The van der Waals surface area contributed by atoms with Crippen LogP contribution in [0.15, 0.2) is 40.9 Å². The zero-order valence-corrected chi connectivity index (χ0v) is 13.3. The molecule has 1 amide bonds. The predicted octanol–water partition coefficient (Wildman–Crippen LogP) is 2.75. The van der Waals surface area contributed by atoms with Crippen molar-refractivity contribution >= 4 is 5.91 Å². The molecule has 0 spiro atoms. The SMILES string of the molecule is Cc1noc(C2CCCN2C(=O)c2cc(-c3ccccc3)n[nH]2)n1. The minimum atomic E-state index is -0.165. The predicted molar refractivity (Wildman–Crippen MR) is 86.1 cm³/mol. The molecular weight excluding hydrogens is 306 g/mol. The number of aromatic nitrogens is 4. The summed E-state index contributed by atoms with van der Waals surface area (Å²) in [4.78, 5) is 18.9. The van der Waals surface area contributed by atoms with Crippen molar-refractivity contribution in [3.8, 4) is 11.3 Å². The number of nitrogens with zero attached hydrogens (tertiary/aromatic N) is 4. The molecule has 0 radical (unpaired) electrons. The molecule has 0 bridgehead atoms. The van der Waals surface area contributed by atoms with Crippen molar-refractivity contribution in [1.82, 2.24) is 25.2 Å². The van der Waals surface area contributed by atoms with Gasteiger partial charge in [0.2, 0.25) is 5.89 Å². The first kappa shape index (κ1) is 14.6. The number of aryl methyl sites for hydroxylation is 1. The fraction of sp³-hybridized carbons (Fsp3) is 0.294. The van der Waals surface area contributed by atoms with Gasteiger partial charge in [-0.25, -0.2) is 0 Å². The number of carbonyl (C=O) groups excluding carboxylic acids is 1. The van der Waals surface area contributed by atoms with Gasteiger partial charge in [-0.05, 0) is 25.8 Å². The molecule has 1 aliphatic heterocycles. The van der Waals surface area contributed by atoms with Gasteiger partial charge in [-0.3, -0.25) is 9.89 Å². The van der Waals surface area contributed by atoms with Crippen LogP contribution in [0.2, 0.25) is 0 Å². The summed E-state index contributed by atoms with van der Waals surface area (Å²) in [5.74, 6) is 0.987. The Hall–Kier alpha value is -2.96. The molecule has 3 heterocycles. The highest BCUT2D eigenvalue weighted by atomic mass is 16.5. The van der Waals surface area contributed by atoms with Crippen LogP contribution in [-0.2, 0) is 0 Å². The monoisotopic (exact) mass is 323 g/mol. The summed E-state index contributed by atoms with van der Waals surface area (Å²) in [7, 11) is 0. The minimum absolute atomic E-state index is 0.0944. The van der Waals surface area contributed by atoms with E-state index in [0.29, 0.717) is 24.0 Å². The highest BCUT2D eigenvalue weighted by Crippen LogP contribution is 2.32. The van der Waals surface area contributed by atoms with Gasteiger partial charge in [0.05, 0.1) is 5.69 Å². The van der Waals surface area contributed by atoms with Crippen molar-refractivity contribution in [2.24, 2.45) is 0 Å². The maximum absolute atomic E-state index is 12.8. The second-order valence-electron chi connectivity index (χ2n) is 5.87. The van der Waals surface area contributed by atoms with Crippen LogP contribution in [-0.4, -0.2) is 37.7 Å². The number of likely N-dealkylation sites (tertiary alicyclic amines) is 1. The van der Waals surface area contributed by atoms with Crippen LogP contribution in [0, 0.1) is 6.92 Å². The van der Waals surface area contributed by atoms with E-state index in [0.717, 1.165) is 24.1 Å². The molecule has 1 aliphatic rings. The molecule has 0 aliphatic carbocycles. The summed E-state index contributed by atoms with van der Waals surface area (Å²) in [5.41, 5.74) is 2.19. The Morgan fingerprint density at radius 3 is 2.92 bits per heavy atom. The Morgan fingerprint density at radius 2 is 2.17 bits per heavy atom. The first-order chi connectivity index (χ1) is 11.7. The van der Waals surface area contributed by atoms with E-state index in [1.807, 2.05) is 30.3 Å². The van der Waals surface area contributed by atoms with Crippen molar-refractivity contribution < 1.29 is 9.32 Å². The summed E-state index contributed by atoms with van der Waals surface area (Å²) in [6, 6.07) is 11.4. The molecule has 3 aromatic rings. The molecular formula is C17H17N5O2. The van der Waals surface area contributed by atoms with Crippen LogP contribution in [0.1, 0.15) is 41.1 Å². The van der Waals surface area contributed by atoms with Gasteiger partial charge in [0.1, 0.15) is 11.7 Å². The summed E-state index contributed by atoms with van der Waals surface area (Å²) in [5, 5.41) is 10.9. The Balaban J connectivity index is 1.58. The molecule has 1 aromatic carbocycles. The molecule has 1 unspecified atom stereocenters. The molecule has 1 fully saturated rings. The van der Waals surface area contributed by atoms with Crippen LogP contribution in [0.3, 0.4) is 0 Å². The number of amides is 1. The van der Waals surface area contributed by atoms with Crippen molar-refractivity contribution in [2.75, 3.05) is 6.54 Å². The molecule has 2 aromatic heterocycles. The molecule has 0 saturated carbocycles. The first-order valence-electron chi connectivity index (χ1n) is 7.94. The van der Waals surface area contributed by atoms with Gasteiger partial charge >= 0.3 is 0 Å². The Kier molecular flexibility index (Phi) is 3.60. The lowest BCUT2D eigenvalue weighted by atomic mass is 10.1. The summed E-state index contributed by atoms with van der Waals surface area (Å²) in [6.45, 7) is 2.44. The van der Waals surface area contributed by atoms with Gasteiger partial charge in [-0.1, -0.05) is 35.5 Å². The number of nitrogens with one attached hydrogen (secondary N) is 1. The topological polar surface area (TPSA) is 87.9 Å². The van der Waals surface area contributed by atoms with Crippen molar-refractivity contribution in [2.45, 2.75) is 25.8 Å². The van der Waals surface area contributed by atoms with E-state index in [1.54, 1.807) is 17.9 Å². The Morgan fingerprint density at radius 1 is 1.33 bits per heavy atom. The smallest absolute Gasteiger partial charge is 0.272 e. The molecule has 4 rings (SSSR count). The second-order valence-corrected chi connectivity index (χ2v) is 5.87. The molecule has 1 atom stereocenters. The maximum atomic E-state index is 12.8. The number of H-pyrrole nitrogens is 1. The van der Waals surface area contributed by atoms with Crippen molar-refractivity contribution in [3.63, 3.8) is 0 Å². The largest absolute Gasteiger partial charge is 0.337 e. The number of aromatic amines is 1. The van der Waals surface area contributed by atoms with Crippen LogP contribution in [0.4, 0.5) is 0 Å². The molecule has 7 heteroatoms. The van der Waals surface area contributed by atoms with Gasteiger partial charge < -0.3 is 9.42 Å². The molecule has 122 valence electrons. The van der Waals surface area contributed by atoms with E-state index in [1.165, 1.54) is 0 Å². The molecule has 24 heavy (non-hydrogen) atoms. The summed E-state index contributed by atoms with van der Waals surface area (Å²) < 4.78 is 5.26. The third-order valence-electron chi connectivity index (χ3n) is 4.22. The third kappa shape index (κ3) is 2.58. The molecule has 1 N–H and O–H groups in total.